The van der Waals surface area contributed by atoms with E-state index < -0.39 is 5.31 Å². The monoisotopic (exact) mass is 414 g/mol. The Kier molecular flexibility index (Phi) is 5.74. The molecule has 0 aliphatic rings. The van der Waals surface area contributed by atoms with Crippen LogP contribution in [0.15, 0.2) is 91.0 Å². The van der Waals surface area contributed by atoms with Gasteiger partial charge in [-0.25, -0.2) is 0 Å². The van der Waals surface area contributed by atoms with Gasteiger partial charge in [0.05, 0.1) is 0 Å². The number of halogens is 1. The summed E-state index contributed by atoms with van der Waals surface area (Å²) in [6.07, 6.45) is 0.928. The van der Waals surface area contributed by atoms with Crippen LogP contribution in [0.1, 0.15) is 6.92 Å². The average molecular weight is 415 g/mol. The van der Waals surface area contributed by atoms with Gasteiger partial charge in [-0.3, -0.25) is 0 Å². The minimum absolute atomic E-state index is 0.720. The van der Waals surface area contributed by atoms with Gasteiger partial charge in [0, 0.05) is 0 Å². The van der Waals surface area contributed by atoms with E-state index in [1.165, 1.54) is 15.9 Å². The molecule has 3 rings (SSSR count). The molecule has 0 aliphatic heterocycles. The number of ether oxygens (including phenoxy) is 1. The fraction of sp³-hybridized carbons (Fsp3) is 0.182. The molecule has 0 atom stereocenters. The number of rotatable bonds is 7. The maximum atomic E-state index is 5.82. The van der Waals surface area contributed by atoms with Gasteiger partial charge in [0.1, 0.15) is 0 Å². The van der Waals surface area contributed by atoms with E-state index in [4.69, 9.17) is 4.74 Å². The molecular formula is C22H24BrOP. The molecule has 0 heterocycles. The van der Waals surface area contributed by atoms with Crippen LogP contribution in [0.3, 0.4) is 0 Å². The van der Waals surface area contributed by atoms with E-state index in [0.29, 0.717) is 0 Å². The quantitative estimate of drug-likeness (QED) is 0.396. The molecule has 0 aromatic heterocycles. The van der Waals surface area contributed by atoms with Gasteiger partial charge in [0.15, 0.2) is 0 Å². The zero-order valence-corrected chi connectivity index (χ0v) is 17.0. The Morgan fingerprint density at radius 3 is 1.36 bits per heavy atom. The van der Waals surface area contributed by atoms with Crippen molar-refractivity contribution in [2.45, 2.75) is 6.92 Å². The van der Waals surface area contributed by atoms with Gasteiger partial charge in [-0.2, -0.15) is 0 Å². The Bertz CT molecular complexity index is 691. The van der Waals surface area contributed by atoms with E-state index in [1.807, 2.05) is 0 Å². The van der Waals surface area contributed by atoms with Crippen molar-refractivity contribution in [3.8, 4) is 0 Å². The van der Waals surface area contributed by atoms with E-state index in [-0.39, 0.29) is 0 Å². The van der Waals surface area contributed by atoms with E-state index in [2.05, 4.69) is 113 Å². The fourth-order valence-corrected chi connectivity index (χ4v) is 10.5. The predicted molar refractivity (Wildman–Crippen MR) is 115 cm³/mol. The predicted octanol–water partition coefficient (Wildman–Crippen LogP) is 4.86. The molecule has 0 N–H and O–H groups in total. The fourth-order valence-electron chi connectivity index (χ4n) is 3.43. The van der Waals surface area contributed by atoms with Crippen molar-refractivity contribution in [2.75, 3.05) is 19.4 Å². The van der Waals surface area contributed by atoms with Gasteiger partial charge in [-0.05, 0) is 0 Å². The van der Waals surface area contributed by atoms with Crippen LogP contribution >= 0.6 is 20.8 Å². The van der Waals surface area contributed by atoms with Crippen LogP contribution in [0.4, 0.5) is 0 Å². The third-order valence-corrected chi connectivity index (χ3v) is 14.6. The SMILES string of the molecule is CCOCCP(Br)(c1ccccc1)(c1ccccc1)c1ccccc1. The number of hydrogen-bond acceptors (Lipinski definition) is 1. The normalized spacial score (nSPS) is 13.1. The third kappa shape index (κ3) is 3.31. The first-order valence-corrected chi connectivity index (χ1v) is 13.1. The van der Waals surface area contributed by atoms with Crippen molar-refractivity contribution in [3.63, 3.8) is 0 Å². The zero-order valence-electron chi connectivity index (χ0n) is 14.5. The van der Waals surface area contributed by atoms with Crippen molar-refractivity contribution in [3.05, 3.63) is 91.0 Å². The molecule has 0 radical (unpaired) electrons. The molecule has 0 saturated heterocycles. The van der Waals surface area contributed by atoms with Crippen LogP contribution < -0.4 is 15.9 Å². The van der Waals surface area contributed by atoms with E-state index in [9.17, 15) is 0 Å². The van der Waals surface area contributed by atoms with Crippen LogP contribution in [0.25, 0.3) is 0 Å². The Hall–Kier alpha value is -1.47. The van der Waals surface area contributed by atoms with E-state index >= 15 is 0 Å². The summed E-state index contributed by atoms with van der Waals surface area (Å²) in [5, 5.41) is 1.23. The first kappa shape index (κ1) is 18.3. The van der Waals surface area contributed by atoms with Gasteiger partial charge in [0.2, 0.25) is 0 Å². The van der Waals surface area contributed by atoms with Gasteiger partial charge in [-0.15, -0.1) is 0 Å². The maximum absolute atomic E-state index is 5.82. The molecule has 25 heavy (non-hydrogen) atoms. The molecule has 0 saturated carbocycles. The molecule has 3 aromatic rings. The third-order valence-electron chi connectivity index (χ3n) is 4.74. The molecule has 0 spiro atoms. The summed E-state index contributed by atoms with van der Waals surface area (Å²) < 4.78 is 5.82. The van der Waals surface area contributed by atoms with Crippen molar-refractivity contribution in [2.24, 2.45) is 0 Å². The van der Waals surface area contributed by atoms with E-state index in [1.54, 1.807) is 0 Å². The van der Waals surface area contributed by atoms with Crippen molar-refractivity contribution < 1.29 is 4.74 Å². The average Bonchev–Trinajstić information content (AvgIpc) is 2.70. The second-order valence-corrected chi connectivity index (χ2v) is 15.2. The van der Waals surface area contributed by atoms with Crippen molar-refractivity contribution in [1.82, 2.24) is 0 Å². The summed E-state index contributed by atoms with van der Waals surface area (Å²) in [5.74, 6) is 0. The summed E-state index contributed by atoms with van der Waals surface area (Å²) in [6.45, 7) is 3.51. The van der Waals surface area contributed by atoms with Crippen LogP contribution in [-0.2, 0) is 4.74 Å². The second kappa shape index (κ2) is 7.83. The first-order chi connectivity index (χ1) is 12.2. The van der Waals surface area contributed by atoms with Gasteiger partial charge >= 0.3 is 159 Å². The van der Waals surface area contributed by atoms with Crippen LogP contribution in [0.5, 0.6) is 0 Å². The molecule has 0 aliphatic carbocycles. The van der Waals surface area contributed by atoms with Crippen molar-refractivity contribution >= 4 is 36.7 Å². The standard InChI is InChI=1S/C22H24BrOP/c1-2-24-18-19-25(23,20-12-6-3-7-13-20,21-14-8-4-9-15-21)22-16-10-5-11-17-22/h3-17H,2,18-19H2,1H3. The minimum atomic E-state index is -2.78. The molecule has 0 amide bonds. The summed E-state index contributed by atoms with van der Waals surface area (Å²) in [4.78, 5) is 0. The van der Waals surface area contributed by atoms with Gasteiger partial charge in [-0.1, -0.05) is 0 Å². The van der Waals surface area contributed by atoms with Crippen LogP contribution in [-0.4, -0.2) is 19.4 Å². The number of benzene rings is 3. The molecule has 130 valence electrons. The zero-order chi connectivity index (χ0) is 17.6. The molecule has 0 unspecified atom stereocenters. The Balaban J connectivity index is 2.32. The van der Waals surface area contributed by atoms with Gasteiger partial charge in [0.25, 0.3) is 0 Å². The molecule has 3 heteroatoms. The summed E-state index contributed by atoms with van der Waals surface area (Å²) in [7, 11) is 0. The second-order valence-electron chi connectivity index (χ2n) is 6.11. The summed E-state index contributed by atoms with van der Waals surface area (Å²) in [5.41, 5.74) is 0. The molecule has 1 nitrogen and oxygen atoms in total. The summed E-state index contributed by atoms with van der Waals surface area (Å²) in [6, 6.07) is 32.5. The van der Waals surface area contributed by atoms with Gasteiger partial charge < -0.3 is 0 Å². The molecular weight excluding hydrogens is 391 g/mol. The van der Waals surface area contributed by atoms with E-state index in [0.717, 1.165) is 19.4 Å². The molecule has 0 fully saturated rings. The first-order valence-electron chi connectivity index (χ1n) is 8.67. The van der Waals surface area contributed by atoms with Crippen molar-refractivity contribution in [1.29, 1.82) is 0 Å². The Morgan fingerprint density at radius 2 is 1.04 bits per heavy atom. The van der Waals surface area contributed by atoms with Crippen LogP contribution in [0, 0.1) is 0 Å². The number of hydrogen-bond donors (Lipinski definition) is 0. The van der Waals surface area contributed by atoms with Crippen LogP contribution in [0.2, 0.25) is 0 Å². The Labute approximate surface area is 158 Å². The summed E-state index contributed by atoms with van der Waals surface area (Å²) >= 11 is 4.40. The molecule has 3 aromatic carbocycles. The Morgan fingerprint density at radius 1 is 0.680 bits per heavy atom. The molecule has 0 bridgehead atoms. The topological polar surface area (TPSA) is 9.23 Å².